The molecule has 6 nitrogen and oxygen atoms in total. The normalized spacial score (nSPS) is 14.1. The summed E-state index contributed by atoms with van der Waals surface area (Å²) >= 11 is 1.15. The highest BCUT2D eigenvalue weighted by Gasteiger charge is 2.26. The summed E-state index contributed by atoms with van der Waals surface area (Å²) in [5.41, 5.74) is 2.15. The lowest BCUT2D eigenvalue weighted by atomic mass is 10.0. The van der Waals surface area contributed by atoms with Crippen molar-refractivity contribution in [3.63, 3.8) is 0 Å². The Bertz CT molecular complexity index is 1030. The van der Waals surface area contributed by atoms with E-state index in [1.807, 2.05) is 6.07 Å². The fraction of sp³-hybridized carbons (Fsp3) is 0.167. The van der Waals surface area contributed by atoms with E-state index in [4.69, 9.17) is 4.42 Å². The molecule has 134 valence electrons. The van der Waals surface area contributed by atoms with Crippen molar-refractivity contribution in [2.45, 2.75) is 17.1 Å². The molecule has 0 saturated heterocycles. The third kappa shape index (κ3) is 3.13. The minimum Gasteiger partial charge on any atom is -0.459 e. The third-order valence-electron chi connectivity index (χ3n) is 4.19. The first-order valence-corrected chi connectivity index (χ1v) is 10.5. The van der Waals surface area contributed by atoms with E-state index in [2.05, 4.69) is 4.72 Å². The smallest absolute Gasteiger partial charge is 0.293 e. The number of furan rings is 1. The van der Waals surface area contributed by atoms with E-state index in [1.54, 1.807) is 46.7 Å². The van der Waals surface area contributed by atoms with Gasteiger partial charge in [-0.3, -0.25) is 9.52 Å². The summed E-state index contributed by atoms with van der Waals surface area (Å²) in [7, 11) is -3.63. The van der Waals surface area contributed by atoms with E-state index in [1.165, 1.54) is 6.26 Å². The lowest BCUT2D eigenvalue weighted by Gasteiger charge is -2.29. The average molecular weight is 388 g/mol. The zero-order valence-electron chi connectivity index (χ0n) is 13.7. The number of anilines is 2. The number of carbonyl (C=O) groups excluding carboxylic acids is 1. The molecule has 4 rings (SSSR count). The van der Waals surface area contributed by atoms with Crippen LogP contribution in [0.25, 0.3) is 0 Å². The van der Waals surface area contributed by atoms with E-state index < -0.39 is 10.0 Å². The van der Waals surface area contributed by atoms with Crippen LogP contribution in [0.4, 0.5) is 11.4 Å². The summed E-state index contributed by atoms with van der Waals surface area (Å²) in [6, 6.07) is 11.8. The molecule has 8 heteroatoms. The van der Waals surface area contributed by atoms with E-state index in [-0.39, 0.29) is 15.9 Å². The molecular weight excluding hydrogens is 372 g/mol. The zero-order valence-corrected chi connectivity index (χ0v) is 15.3. The van der Waals surface area contributed by atoms with Gasteiger partial charge in [-0.25, -0.2) is 8.42 Å². The zero-order chi connectivity index (χ0) is 18.1. The van der Waals surface area contributed by atoms with Crippen LogP contribution in [0, 0.1) is 0 Å². The number of aryl methyl sites for hydroxylation is 1. The molecule has 1 aliphatic heterocycles. The fourth-order valence-electron chi connectivity index (χ4n) is 3.00. The summed E-state index contributed by atoms with van der Waals surface area (Å²) < 4.78 is 32.9. The van der Waals surface area contributed by atoms with Gasteiger partial charge in [0.25, 0.3) is 15.9 Å². The molecule has 1 N–H and O–H groups in total. The molecule has 0 radical (unpaired) electrons. The van der Waals surface area contributed by atoms with E-state index in [9.17, 15) is 13.2 Å². The van der Waals surface area contributed by atoms with E-state index >= 15 is 0 Å². The van der Waals surface area contributed by atoms with Crippen molar-refractivity contribution in [2.24, 2.45) is 0 Å². The number of rotatable bonds is 4. The minimum absolute atomic E-state index is 0.228. The predicted octanol–water partition coefficient (Wildman–Crippen LogP) is 3.73. The van der Waals surface area contributed by atoms with Crippen LogP contribution < -0.4 is 9.62 Å². The van der Waals surface area contributed by atoms with E-state index in [0.717, 1.165) is 29.7 Å². The number of thiophene rings is 1. The topological polar surface area (TPSA) is 79.6 Å². The van der Waals surface area contributed by atoms with Crippen molar-refractivity contribution >= 4 is 38.6 Å². The molecule has 0 bridgehead atoms. The standard InChI is InChI=1S/C18H16N2O4S2/c21-18(16-5-2-10-24-16)20-9-1-4-13-7-8-14(12-15(13)20)19-26(22,23)17-6-3-11-25-17/h2-3,5-8,10-12,19H,1,4,9H2. The SMILES string of the molecule is O=C(c1ccco1)N1CCCc2ccc(NS(=O)(=O)c3cccs3)cc21. The molecule has 3 aromatic rings. The highest BCUT2D eigenvalue weighted by Crippen LogP contribution is 2.32. The van der Waals surface area contributed by atoms with Gasteiger partial charge in [-0.2, -0.15) is 0 Å². The second kappa shape index (κ2) is 6.62. The number of nitrogens with zero attached hydrogens (tertiary/aromatic N) is 1. The lowest BCUT2D eigenvalue weighted by Crippen LogP contribution is -2.35. The molecule has 0 unspecified atom stereocenters. The average Bonchev–Trinajstić information content (AvgIpc) is 3.34. The van der Waals surface area contributed by atoms with Crippen LogP contribution in [0.1, 0.15) is 22.5 Å². The lowest BCUT2D eigenvalue weighted by molar-refractivity contribution is 0.0958. The Kier molecular flexibility index (Phi) is 4.29. The number of carbonyl (C=O) groups is 1. The molecule has 0 fully saturated rings. The van der Waals surface area contributed by atoms with Gasteiger partial charge in [0, 0.05) is 12.2 Å². The Morgan fingerprint density at radius 2 is 2.08 bits per heavy atom. The molecular formula is C18H16N2O4S2. The molecule has 1 amide bonds. The van der Waals surface area contributed by atoms with Crippen molar-refractivity contribution in [1.82, 2.24) is 0 Å². The van der Waals surface area contributed by atoms with Crippen LogP contribution in [-0.2, 0) is 16.4 Å². The Morgan fingerprint density at radius 3 is 2.81 bits per heavy atom. The van der Waals surface area contributed by atoms with Gasteiger partial charge in [0.1, 0.15) is 4.21 Å². The molecule has 26 heavy (non-hydrogen) atoms. The largest absolute Gasteiger partial charge is 0.459 e. The molecule has 0 atom stereocenters. The van der Waals surface area contributed by atoms with Gasteiger partial charge in [-0.15, -0.1) is 11.3 Å². The minimum atomic E-state index is -3.63. The number of amides is 1. The number of fused-ring (bicyclic) bond motifs is 1. The van der Waals surface area contributed by atoms with Gasteiger partial charge < -0.3 is 9.32 Å². The molecule has 2 aromatic heterocycles. The molecule has 0 saturated carbocycles. The first kappa shape index (κ1) is 16.9. The van der Waals surface area contributed by atoms with Crippen LogP contribution in [0.2, 0.25) is 0 Å². The predicted molar refractivity (Wildman–Crippen MR) is 100 cm³/mol. The Morgan fingerprint density at radius 1 is 1.19 bits per heavy atom. The van der Waals surface area contributed by atoms with Gasteiger partial charge in [0.05, 0.1) is 12.0 Å². The number of sulfonamides is 1. The van der Waals surface area contributed by atoms with Gasteiger partial charge in [-0.05, 0) is 54.1 Å². The number of benzene rings is 1. The van der Waals surface area contributed by atoms with Crippen molar-refractivity contribution in [3.05, 3.63) is 65.4 Å². The second-order valence-electron chi connectivity index (χ2n) is 5.92. The summed E-state index contributed by atoms with van der Waals surface area (Å²) in [6.07, 6.45) is 3.15. The maximum atomic E-state index is 12.7. The van der Waals surface area contributed by atoms with E-state index in [0.29, 0.717) is 17.9 Å². The summed E-state index contributed by atoms with van der Waals surface area (Å²) in [5, 5.41) is 1.71. The highest BCUT2D eigenvalue weighted by molar-refractivity contribution is 7.94. The summed E-state index contributed by atoms with van der Waals surface area (Å²) in [6.45, 7) is 0.563. The molecule has 0 aliphatic carbocycles. The van der Waals surface area contributed by atoms with Gasteiger partial charge in [0.15, 0.2) is 5.76 Å². The van der Waals surface area contributed by atoms with Gasteiger partial charge >= 0.3 is 0 Å². The van der Waals surface area contributed by atoms with Crippen LogP contribution in [-0.4, -0.2) is 20.9 Å². The molecule has 3 heterocycles. The number of nitrogens with one attached hydrogen (secondary N) is 1. The molecule has 1 aliphatic rings. The van der Waals surface area contributed by atoms with Crippen LogP contribution >= 0.6 is 11.3 Å². The summed E-state index contributed by atoms with van der Waals surface area (Å²) in [5.74, 6) is 0.0385. The monoisotopic (exact) mass is 388 g/mol. The van der Waals surface area contributed by atoms with Crippen molar-refractivity contribution in [1.29, 1.82) is 0 Å². The maximum Gasteiger partial charge on any atom is 0.293 e. The quantitative estimate of drug-likeness (QED) is 0.738. The van der Waals surface area contributed by atoms with Gasteiger partial charge in [0.2, 0.25) is 0 Å². The van der Waals surface area contributed by atoms with Crippen LogP contribution in [0.5, 0.6) is 0 Å². The van der Waals surface area contributed by atoms with Crippen molar-refractivity contribution < 1.29 is 17.6 Å². The Balaban J connectivity index is 1.66. The first-order chi connectivity index (χ1) is 12.5. The second-order valence-corrected chi connectivity index (χ2v) is 8.78. The number of hydrogen-bond acceptors (Lipinski definition) is 5. The Hall–Kier alpha value is -2.58. The van der Waals surface area contributed by atoms with Crippen molar-refractivity contribution in [2.75, 3.05) is 16.2 Å². The fourth-order valence-corrected chi connectivity index (χ4v) is 5.05. The maximum absolute atomic E-state index is 12.7. The first-order valence-electron chi connectivity index (χ1n) is 8.09. The van der Waals surface area contributed by atoms with Crippen LogP contribution in [0.3, 0.4) is 0 Å². The van der Waals surface area contributed by atoms with Crippen LogP contribution in [0.15, 0.2) is 62.7 Å². The van der Waals surface area contributed by atoms with Gasteiger partial charge in [-0.1, -0.05) is 12.1 Å². The molecule has 0 spiro atoms. The highest BCUT2D eigenvalue weighted by atomic mass is 32.2. The van der Waals surface area contributed by atoms with Crippen molar-refractivity contribution in [3.8, 4) is 0 Å². The third-order valence-corrected chi connectivity index (χ3v) is 6.97. The molecule has 1 aromatic carbocycles. The Labute approximate surface area is 155 Å². The number of hydrogen-bond donors (Lipinski definition) is 1. The summed E-state index contributed by atoms with van der Waals surface area (Å²) in [4.78, 5) is 14.3.